The van der Waals surface area contributed by atoms with Crippen molar-refractivity contribution in [2.75, 3.05) is 5.32 Å². The van der Waals surface area contributed by atoms with E-state index in [1.807, 2.05) is 25.1 Å². The molecule has 3 nitrogen and oxygen atoms in total. The highest BCUT2D eigenvalue weighted by molar-refractivity contribution is 5.34. The first kappa shape index (κ1) is 10.5. The van der Waals surface area contributed by atoms with E-state index in [9.17, 15) is 4.39 Å². The Labute approximate surface area is 93.4 Å². The lowest BCUT2D eigenvalue weighted by molar-refractivity contribution is 0.585. The number of aryl methyl sites for hydroxylation is 1. The lowest BCUT2D eigenvalue weighted by atomic mass is 10.3. The van der Waals surface area contributed by atoms with Crippen LogP contribution >= 0.6 is 0 Å². The summed E-state index contributed by atoms with van der Waals surface area (Å²) < 4.78 is 12.8. The van der Waals surface area contributed by atoms with Gasteiger partial charge in [-0.3, -0.25) is 4.98 Å². The molecule has 0 saturated carbocycles. The van der Waals surface area contributed by atoms with Crippen molar-refractivity contribution in [3.05, 3.63) is 53.7 Å². The monoisotopic (exact) mass is 217 g/mol. The zero-order valence-corrected chi connectivity index (χ0v) is 8.94. The van der Waals surface area contributed by atoms with Crippen LogP contribution in [-0.2, 0) is 6.54 Å². The molecule has 0 aliphatic heterocycles. The second-order valence-electron chi connectivity index (χ2n) is 3.47. The Morgan fingerprint density at radius 1 is 1.12 bits per heavy atom. The highest BCUT2D eigenvalue weighted by Gasteiger charge is 1.98. The van der Waals surface area contributed by atoms with Gasteiger partial charge in [0, 0.05) is 5.69 Å². The number of pyridine rings is 2. The third-order valence-electron chi connectivity index (χ3n) is 2.11. The summed E-state index contributed by atoms with van der Waals surface area (Å²) in [5.74, 6) is 0.0329. The van der Waals surface area contributed by atoms with E-state index >= 15 is 0 Å². The quantitative estimate of drug-likeness (QED) is 0.803. The van der Waals surface area contributed by atoms with E-state index in [0.717, 1.165) is 11.4 Å². The zero-order valence-electron chi connectivity index (χ0n) is 8.94. The molecule has 82 valence electrons. The SMILES string of the molecule is Cc1cccc(CNc2cccc(F)n2)n1. The smallest absolute Gasteiger partial charge is 0.214 e. The molecule has 2 aromatic heterocycles. The number of rotatable bonds is 3. The predicted octanol–water partition coefficient (Wildman–Crippen LogP) is 2.54. The average molecular weight is 217 g/mol. The molecular weight excluding hydrogens is 205 g/mol. The van der Waals surface area contributed by atoms with Crippen molar-refractivity contribution >= 4 is 5.82 Å². The highest BCUT2D eigenvalue weighted by atomic mass is 19.1. The molecule has 0 amide bonds. The summed E-state index contributed by atoms with van der Waals surface area (Å²) in [4.78, 5) is 8.03. The minimum atomic E-state index is -0.484. The van der Waals surface area contributed by atoms with Gasteiger partial charge in [-0.1, -0.05) is 12.1 Å². The Balaban J connectivity index is 2.02. The molecule has 0 radical (unpaired) electrons. The molecule has 0 atom stereocenters. The number of halogens is 1. The summed E-state index contributed by atoms with van der Waals surface area (Å²) in [6.07, 6.45) is 0. The van der Waals surface area contributed by atoms with E-state index in [1.165, 1.54) is 6.07 Å². The molecule has 0 aliphatic carbocycles. The normalized spacial score (nSPS) is 10.1. The fraction of sp³-hybridized carbons (Fsp3) is 0.167. The number of aromatic nitrogens is 2. The molecule has 0 saturated heterocycles. The van der Waals surface area contributed by atoms with Crippen LogP contribution in [0.3, 0.4) is 0 Å². The van der Waals surface area contributed by atoms with Crippen LogP contribution in [0.4, 0.5) is 10.2 Å². The maximum atomic E-state index is 12.8. The summed E-state index contributed by atoms with van der Waals surface area (Å²) in [5, 5.41) is 3.02. The van der Waals surface area contributed by atoms with Gasteiger partial charge in [0.1, 0.15) is 5.82 Å². The van der Waals surface area contributed by atoms with Crippen molar-refractivity contribution < 1.29 is 4.39 Å². The second kappa shape index (κ2) is 4.70. The highest BCUT2D eigenvalue weighted by Crippen LogP contribution is 2.06. The van der Waals surface area contributed by atoms with Crippen LogP contribution in [0.5, 0.6) is 0 Å². The number of anilines is 1. The molecule has 1 N–H and O–H groups in total. The summed E-state index contributed by atoms with van der Waals surface area (Å²) in [6, 6.07) is 10.4. The van der Waals surface area contributed by atoms with Gasteiger partial charge in [0.2, 0.25) is 5.95 Å². The molecule has 0 unspecified atom stereocenters. The summed E-state index contributed by atoms with van der Waals surface area (Å²) >= 11 is 0. The largest absolute Gasteiger partial charge is 0.364 e. The van der Waals surface area contributed by atoms with Crippen LogP contribution in [-0.4, -0.2) is 9.97 Å². The zero-order chi connectivity index (χ0) is 11.4. The van der Waals surface area contributed by atoms with Crippen molar-refractivity contribution in [2.45, 2.75) is 13.5 Å². The molecule has 0 bridgehead atoms. The van der Waals surface area contributed by atoms with Crippen LogP contribution in [0.15, 0.2) is 36.4 Å². The fourth-order valence-electron chi connectivity index (χ4n) is 1.39. The van der Waals surface area contributed by atoms with E-state index in [2.05, 4.69) is 15.3 Å². The Morgan fingerprint density at radius 3 is 2.69 bits per heavy atom. The molecule has 0 aliphatic rings. The van der Waals surface area contributed by atoms with Crippen LogP contribution in [0.1, 0.15) is 11.4 Å². The van der Waals surface area contributed by atoms with Gasteiger partial charge in [-0.25, -0.2) is 4.98 Å². The van der Waals surface area contributed by atoms with Gasteiger partial charge in [-0.15, -0.1) is 0 Å². The maximum absolute atomic E-state index is 12.8. The first-order valence-electron chi connectivity index (χ1n) is 5.03. The van der Waals surface area contributed by atoms with Crippen LogP contribution < -0.4 is 5.32 Å². The number of nitrogens with zero attached hydrogens (tertiary/aromatic N) is 2. The first-order chi connectivity index (χ1) is 7.74. The minimum absolute atomic E-state index is 0.484. The molecule has 0 spiro atoms. The van der Waals surface area contributed by atoms with Crippen molar-refractivity contribution in [2.24, 2.45) is 0 Å². The Hall–Kier alpha value is -1.97. The number of hydrogen-bond acceptors (Lipinski definition) is 3. The fourth-order valence-corrected chi connectivity index (χ4v) is 1.39. The number of hydrogen-bond donors (Lipinski definition) is 1. The summed E-state index contributed by atoms with van der Waals surface area (Å²) in [5.41, 5.74) is 1.87. The average Bonchev–Trinajstić information content (AvgIpc) is 2.27. The molecule has 4 heteroatoms. The van der Waals surface area contributed by atoms with Gasteiger partial charge in [0.15, 0.2) is 0 Å². The lowest BCUT2D eigenvalue weighted by Crippen LogP contribution is -2.04. The summed E-state index contributed by atoms with van der Waals surface area (Å²) in [7, 11) is 0. The van der Waals surface area contributed by atoms with Crippen LogP contribution in [0.25, 0.3) is 0 Å². The molecule has 2 rings (SSSR count). The van der Waals surface area contributed by atoms with Crippen molar-refractivity contribution in [1.29, 1.82) is 0 Å². The molecular formula is C12H12FN3. The molecule has 0 fully saturated rings. The lowest BCUT2D eigenvalue weighted by Gasteiger charge is -2.05. The van der Waals surface area contributed by atoms with Gasteiger partial charge in [0.05, 0.1) is 12.2 Å². The molecule has 0 aromatic carbocycles. The van der Waals surface area contributed by atoms with E-state index < -0.39 is 5.95 Å². The van der Waals surface area contributed by atoms with E-state index in [0.29, 0.717) is 12.4 Å². The third kappa shape index (κ3) is 2.76. The van der Waals surface area contributed by atoms with E-state index in [1.54, 1.807) is 12.1 Å². The minimum Gasteiger partial charge on any atom is -0.364 e. The van der Waals surface area contributed by atoms with Crippen molar-refractivity contribution in [1.82, 2.24) is 9.97 Å². The van der Waals surface area contributed by atoms with E-state index in [4.69, 9.17) is 0 Å². The number of nitrogens with one attached hydrogen (secondary N) is 1. The van der Waals surface area contributed by atoms with Gasteiger partial charge < -0.3 is 5.32 Å². The van der Waals surface area contributed by atoms with Gasteiger partial charge in [0.25, 0.3) is 0 Å². The van der Waals surface area contributed by atoms with Crippen molar-refractivity contribution in [3.8, 4) is 0 Å². The van der Waals surface area contributed by atoms with Crippen LogP contribution in [0.2, 0.25) is 0 Å². The van der Waals surface area contributed by atoms with Crippen molar-refractivity contribution in [3.63, 3.8) is 0 Å². The Bertz CT molecular complexity index is 440. The van der Waals surface area contributed by atoms with Gasteiger partial charge in [-0.05, 0) is 31.2 Å². The molecule has 2 aromatic rings. The molecule has 2 heterocycles. The van der Waals surface area contributed by atoms with Crippen LogP contribution in [0, 0.1) is 12.9 Å². The molecule has 16 heavy (non-hydrogen) atoms. The topological polar surface area (TPSA) is 37.8 Å². The Morgan fingerprint density at radius 2 is 1.94 bits per heavy atom. The Kier molecular flexibility index (Phi) is 3.10. The summed E-state index contributed by atoms with van der Waals surface area (Å²) in [6.45, 7) is 2.47. The van der Waals surface area contributed by atoms with Gasteiger partial charge in [-0.2, -0.15) is 4.39 Å². The first-order valence-corrected chi connectivity index (χ1v) is 5.03. The maximum Gasteiger partial charge on any atom is 0.214 e. The van der Waals surface area contributed by atoms with Gasteiger partial charge >= 0.3 is 0 Å². The van der Waals surface area contributed by atoms with E-state index in [-0.39, 0.29) is 0 Å². The second-order valence-corrected chi connectivity index (χ2v) is 3.47. The third-order valence-corrected chi connectivity index (χ3v) is 2.11. The predicted molar refractivity (Wildman–Crippen MR) is 60.5 cm³/mol. The standard InChI is InChI=1S/C12H12FN3/c1-9-4-2-5-10(15-9)8-14-12-7-3-6-11(13)16-12/h2-7H,8H2,1H3,(H,14,16).